The highest BCUT2D eigenvalue weighted by Gasteiger charge is 2.19. The van der Waals surface area contributed by atoms with Gasteiger partial charge in [-0.25, -0.2) is 4.79 Å². The molecule has 0 aliphatic heterocycles. The van der Waals surface area contributed by atoms with Crippen molar-refractivity contribution >= 4 is 29.2 Å². The molecule has 0 aliphatic carbocycles. The molecule has 0 bridgehead atoms. The van der Waals surface area contributed by atoms with Gasteiger partial charge in [-0.3, -0.25) is 0 Å². The van der Waals surface area contributed by atoms with E-state index in [0.717, 1.165) is 16.6 Å². The van der Waals surface area contributed by atoms with Gasteiger partial charge in [-0.2, -0.15) is 0 Å². The number of ether oxygens (including phenoxy) is 1. The summed E-state index contributed by atoms with van der Waals surface area (Å²) in [6, 6.07) is 5.49. The lowest BCUT2D eigenvalue weighted by molar-refractivity contribution is -0.146. The van der Waals surface area contributed by atoms with Crippen molar-refractivity contribution in [2.45, 2.75) is 26.8 Å². The summed E-state index contributed by atoms with van der Waals surface area (Å²) in [6.07, 6.45) is 0. The maximum absolute atomic E-state index is 11.8. The number of carbonyl (C=O) groups excluding carboxylic acids is 1. The zero-order valence-electron chi connectivity index (χ0n) is 10.7. The number of hydrogen-bond acceptors (Lipinski definition) is 3. The van der Waals surface area contributed by atoms with Crippen LogP contribution < -0.4 is 0 Å². The number of benzene rings is 1. The number of nitrogens with one attached hydrogen (secondary N) is 1. The maximum Gasteiger partial charge on any atom is 0.328 e. The second kappa shape index (κ2) is 4.94. The monoisotopic (exact) mass is 264 g/mol. The van der Waals surface area contributed by atoms with E-state index in [1.807, 2.05) is 25.1 Å². The summed E-state index contributed by atoms with van der Waals surface area (Å²) < 4.78 is 7.38. The summed E-state index contributed by atoms with van der Waals surface area (Å²) in [5.41, 5.74) is 3.01. The summed E-state index contributed by atoms with van der Waals surface area (Å²) in [5, 5.41) is 0. The van der Waals surface area contributed by atoms with Gasteiger partial charge in [0, 0.05) is 0 Å². The van der Waals surface area contributed by atoms with Gasteiger partial charge in [0.15, 0.2) is 4.77 Å². The molecule has 2 rings (SSSR count). The number of aryl methyl sites for hydroxylation is 1. The van der Waals surface area contributed by atoms with E-state index in [4.69, 9.17) is 17.0 Å². The van der Waals surface area contributed by atoms with Crippen molar-refractivity contribution in [3.8, 4) is 0 Å². The highest BCUT2D eigenvalue weighted by atomic mass is 32.1. The summed E-state index contributed by atoms with van der Waals surface area (Å²) in [7, 11) is 0. The first kappa shape index (κ1) is 12.8. The van der Waals surface area contributed by atoms with E-state index in [1.54, 1.807) is 18.4 Å². The minimum Gasteiger partial charge on any atom is -0.464 e. The number of esters is 1. The van der Waals surface area contributed by atoms with Gasteiger partial charge in [0.1, 0.15) is 6.04 Å². The van der Waals surface area contributed by atoms with Crippen LogP contribution in [0.4, 0.5) is 0 Å². The molecule has 5 heteroatoms. The predicted molar refractivity (Wildman–Crippen MR) is 73.2 cm³/mol. The Bertz CT molecular complexity index is 642. The number of imidazole rings is 1. The molecular weight excluding hydrogens is 248 g/mol. The number of rotatable bonds is 3. The number of H-pyrrole nitrogens is 1. The summed E-state index contributed by atoms with van der Waals surface area (Å²) in [6.45, 7) is 5.97. The molecule has 1 N–H and O–H groups in total. The third-order valence-electron chi connectivity index (χ3n) is 2.98. The van der Waals surface area contributed by atoms with Crippen LogP contribution in [-0.4, -0.2) is 22.1 Å². The van der Waals surface area contributed by atoms with Crippen LogP contribution >= 0.6 is 12.2 Å². The molecule has 0 spiro atoms. The molecule has 0 saturated heterocycles. The van der Waals surface area contributed by atoms with Crippen molar-refractivity contribution in [1.82, 2.24) is 9.55 Å². The van der Waals surface area contributed by atoms with Crippen molar-refractivity contribution in [2.24, 2.45) is 0 Å². The SMILES string of the molecule is CCOC(=O)C(C)n1c(=S)[nH]c2c(C)cccc21. The second-order valence-corrected chi connectivity index (χ2v) is 4.58. The number of aromatic nitrogens is 2. The quantitative estimate of drug-likeness (QED) is 0.684. The van der Waals surface area contributed by atoms with Crippen LogP contribution in [0.3, 0.4) is 0 Å². The Hall–Kier alpha value is -1.62. The molecule has 2 aromatic rings. The third-order valence-corrected chi connectivity index (χ3v) is 3.27. The van der Waals surface area contributed by atoms with Crippen molar-refractivity contribution in [2.75, 3.05) is 6.61 Å². The fourth-order valence-electron chi connectivity index (χ4n) is 2.04. The van der Waals surface area contributed by atoms with Gasteiger partial charge >= 0.3 is 5.97 Å². The molecule has 4 nitrogen and oxygen atoms in total. The van der Waals surface area contributed by atoms with Crippen molar-refractivity contribution in [3.05, 3.63) is 28.5 Å². The largest absolute Gasteiger partial charge is 0.464 e. The summed E-state index contributed by atoms with van der Waals surface area (Å²) in [5.74, 6) is -0.268. The minimum atomic E-state index is -0.423. The second-order valence-electron chi connectivity index (χ2n) is 4.20. The molecule has 1 heterocycles. The number of nitrogens with zero attached hydrogens (tertiary/aromatic N) is 1. The number of hydrogen-bond donors (Lipinski definition) is 1. The molecule has 1 atom stereocenters. The molecule has 1 unspecified atom stereocenters. The van der Waals surface area contributed by atoms with Gasteiger partial charge in [0.2, 0.25) is 0 Å². The molecular formula is C13H16N2O2S. The number of para-hydroxylation sites is 1. The van der Waals surface area contributed by atoms with E-state index in [1.165, 1.54) is 0 Å². The van der Waals surface area contributed by atoms with Crippen molar-refractivity contribution in [3.63, 3.8) is 0 Å². The average molecular weight is 264 g/mol. The first-order chi connectivity index (χ1) is 8.56. The zero-order valence-corrected chi connectivity index (χ0v) is 11.5. The van der Waals surface area contributed by atoms with E-state index in [0.29, 0.717) is 11.4 Å². The van der Waals surface area contributed by atoms with E-state index >= 15 is 0 Å². The predicted octanol–water partition coefficient (Wildman–Crippen LogP) is 3.13. The first-order valence-corrected chi connectivity index (χ1v) is 6.33. The van der Waals surface area contributed by atoms with Gasteiger partial charge in [0.05, 0.1) is 17.6 Å². The van der Waals surface area contributed by atoms with Gasteiger partial charge in [-0.05, 0) is 44.6 Å². The Labute approximate surface area is 111 Å². The number of fused-ring (bicyclic) bond motifs is 1. The molecule has 0 radical (unpaired) electrons. The van der Waals surface area contributed by atoms with Crippen molar-refractivity contribution in [1.29, 1.82) is 0 Å². The number of aromatic amines is 1. The molecule has 0 saturated carbocycles. The van der Waals surface area contributed by atoms with E-state index in [2.05, 4.69) is 4.98 Å². The maximum atomic E-state index is 11.8. The fraction of sp³-hybridized carbons (Fsp3) is 0.385. The highest BCUT2D eigenvalue weighted by molar-refractivity contribution is 7.71. The third kappa shape index (κ3) is 2.06. The molecule has 1 aromatic heterocycles. The lowest BCUT2D eigenvalue weighted by atomic mass is 10.2. The van der Waals surface area contributed by atoms with Crippen LogP contribution in [0.2, 0.25) is 0 Å². The topological polar surface area (TPSA) is 47.0 Å². The molecule has 0 amide bonds. The van der Waals surface area contributed by atoms with Gasteiger partial charge in [-0.1, -0.05) is 12.1 Å². The smallest absolute Gasteiger partial charge is 0.328 e. The molecule has 96 valence electrons. The first-order valence-electron chi connectivity index (χ1n) is 5.92. The molecule has 1 aromatic carbocycles. The Morgan fingerprint density at radius 1 is 1.56 bits per heavy atom. The van der Waals surface area contributed by atoms with E-state index in [-0.39, 0.29) is 5.97 Å². The van der Waals surface area contributed by atoms with Gasteiger partial charge < -0.3 is 14.3 Å². The average Bonchev–Trinajstić information content (AvgIpc) is 2.66. The Morgan fingerprint density at radius 3 is 2.94 bits per heavy atom. The lowest BCUT2D eigenvalue weighted by Crippen LogP contribution is -2.19. The standard InChI is InChI=1S/C13H16N2O2S/c1-4-17-12(16)9(3)15-10-7-5-6-8(2)11(10)14-13(15)18/h5-7,9H,4H2,1-3H3,(H,14,18). The van der Waals surface area contributed by atoms with Gasteiger partial charge in [-0.15, -0.1) is 0 Å². The van der Waals surface area contributed by atoms with E-state index < -0.39 is 6.04 Å². The molecule has 0 aliphatic rings. The van der Waals surface area contributed by atoms with Crippen LogP contribution in [0.1, 0.15) is 25.5 Å². The number of carbonyl (C=O) groups is 1. The van der Waals surface area contributed by atoms with Crippen LogP contribution in [0.15, 0.2) is 18.2 Å². The highest BCUT2D eigenvalue weighted by Crippen LogP contribution is 2.22. The molecule has 0 fully saturated rings. The van der Waals surface area contributed by atoms with Crippen molar-refractivity contribution < 1.29 is 9.53 Å². The van der Waals surface area contributed by atoms with Crippen LogP contribution in [-0.2, 0) is 9.53 Å². The van der Waals surface area contributed by atoms with Crippen LogP contribution in [0.25, 0.3) is 11.0 Å². The Kier molecular flexibility index (Phi) is 3.52. The summed E-state index contributed by atoms with van der Waals surface area (Å²) >= 11 is 5.29. The van der Waals surface area contributed by atoms with Gasteiger partial charge in [0.25, 0.3) is 0 Å². The van der Waals surface area contributed by atoms with Crippen LogP contribution in [0, 0.1) is 11.7 Å². The normalized spacial score (nSPS) is 12.6. The van der Waals surface area contributed by atoms with Crippen LogP contribution in [0.5, 0.6) is 0 Å². The van der Waals surface area contributed by atoms with E-state index in [9.17, 15) is 4.79 Å². The Balaban J connectivity index is 2.57. The summed E-state index contributed by atoms with van der Waals surface area (Å²) in [4.78, 5) is 15.0. The zero-order chi connectivity index (χ0) is 13.3. The lowest BCUT2D eigenvalue weighted by Gasteiger charge is -2.13. The fourth-order valence-corrected chi connectivity index (χ4v) is 2.40. The molecule has 18 heavy (non-hydrogen) atoms. The minimum absolute atomic E-state index is 0.268. The Morgan fingerprint density at radius 2 is 2.28 bits per heavy atom.